The second kappa shape index (κ2) is 44.0. The maximum absolute atomic E-state index is 17.2. The number of Topliss-reactive ketones (excluding diaryl/α,β-unsaturated/α-hetero) is 8. The van der Waals surface area contributed by atoms with Gasteiger partial charge in [0.2, 0.25) is 0 Å². The van der Waals surface area contributed by atoms with Crippen LogP contribution in [-0.2, 0) is 38.4 Å². The average Bonchev–Trinajstić information content (AvgIpc) is 1.62. The Hall–Kier alpha value is -3.41. The van der Waals surface area contributed by atoms with Crippen LogP contribution in [0.5, 0.6) is 17.2 Å². The van der Waals surface area contributed by atoms with E-state index >= 15 is 9.59 Å². The minimum Gasteiger partial charge on any atom is -0.508 e. The van der Waals surface area contributed by atoms with Crippen LogP contribution in [0.15, 0.2) is 18.2 Å². The van der Waals surface area contributed by atoms with Gasteiger partial charge in [0.1, 0.15) is 50.8 Å². The molecule has 11 nitrogen and oxygen atoms in total. The summed E-state index contributed by atoms with van der Waals surface area (Å²) in [6.45, 7) is -0.649. The third-order valence-electron chi connectivity index (χ3n) is 28.2. The summed E-state index contributed by atoms with van der Waals surface area (Å²) >= 11 is 0. The summed E-state index contributed by atoms with van der Waals surface area (Å²) in [5.41, 5.74) is -9.15. The van der Waals surface area contributed by atoms with E-state index in [2.05, 4.69) is 35.5 Å². The van der Waals surface area contributed by atoms with Crippen LogP contribution in [0, 0.1) is 112 Å². The highest BCUT2D eigenvalue weighted by atomic mass is 16.3. The summed E-state index contributed by atoms with van der Waals surface area (Å²) in [5.74, 6) is 10.1. The van der Waals surface area contributed by atoms with Crippen LogP contribution in [-0.4, -0.2) is 416 Å². The first-order valence-corrected chi connectivity index (χ1v) is 42.0. The normalized spacial score (nSPS) is 23.6. The Bertz CT molecular complexity index is 3730. The second-order valence-corrected chi connectivity index (χ2v) is 37.4. The number of aromatic hydroxyl groups is 3. The van der Waals surface area contributed by atoms with Gasteiger partial charge < -0.3 is 15.3 Å². The zero-order chi connectivity index (χ0) is 91.9. The molecule has 524 valence electrons. The summed E-state index contributed by atoms with van der Waals surface area (Å²) in [6, 6.07) is 3.42. The fourth-order valence-electron chi connectivity index (χ4n) is 22.1. The number of hydrogen-bond donors (Lipinski definition) is 3. The number of carbonyl (C=O) groups excluding carboxylic acids is 8. The Morgan fingerprint density at radius 1 is 0.295 bits per heavy atom. The van der Waals surface area contributed by atoms with Crippen LogP contribution in [0.2, 0.25) is 60.7 Å². The van der Waals surface area contributed by atoms with Crippen molar-refractivity contribution in [2.24, 2.45) is 38.4 Å². The molecule has 61 heteroatoms. The Balaban J connectivity index is 0.000000366. The lowest BCUT2D eigenvalue weighted by Gasteiger charge is -2.56. The van der Waals surface area contributed by atoms with E-state index in [0.29, 0.717) is 63.7 Å². The quantitative estimate of drug-likeness (QED) is 0.0324. The fourth-order valence-corrected chi connectivity index (χ4v) is 22.1. The van der Waals surface area contributed by atoms with Crippen molar-refractivity contribution >= 4 is 400 Å². The van der Waals surface area contributed by atoms with Crippen LogP contribution in [0.25, 0.3) is 0 Å². The molecule has 4 aliphatic carbocycles. The lowest BCUT2D eigenvalue weighted by molar-refractivity contribution is -0.170. The van der Waals surface area contributed by atoms with Crippen LogP contribution in [0.1, 0.15) is 116 Å². The number of rotatable bonds is 38. The Labute approximate surface area is 772 Å². The molecule has 0 spiro atoms. The van der Waals surface area contributed by atoms with Crippen molar-refractivity contribution in [1.29, 1.82) is 0 Å². The zero-order valence-corrected chi connectivity index (χ0v) is 69.9. The van der Waals surface area contributed by atoms with Gasteiger partial charge in [-0.2, -0.15) is 0 Å². The highest BCUT2D eigenvalue weighted by Crippen LogP contribution is 2.71. The minimum absolute atomic E-state index is 0.0360. The molecule has 0 amide bonds. The van der Waals surface area contributed by atoms with Crippen LogP contribution >= 0.6 is 0 Å². The van der Waals surface area contributed by atoms with Crippen molar-refractivity contribution in [1.82, 2.24) is 0 Å². The lowest BCUT2D eigenvalue weighted by Crippen LogP contribution is -2.66. The number of terminal acetylenes is 6. The summed E-state index contributed by atoms with van der Waals surface area (Å²) in [6.07, 6.45) is 23.4. The van der Waals surface area contributed by atoms with Crippen molar-refractivity contribution in [3.63, 3.8) is 0 Å². The number of carbonyl (C=O) groups is 8. The molecule has 4 saturated carbocycles. The maximum Gasteiger partial charge on any atom is 0.163 e. The summed E-state index contributed by atoms with van der Waals surface area (Å²) in [5, 5.41) is 26.0. The van der Waals surface area contributed by atoms with E-state index in [9.17, 15) is 28.8 Å². The van der Waals surface area contributed by atoms with Crippen LogP contribution < -0.4 is 0 Å². The van der Waals surface area contributed by atoms with Crippen LogP contribution in [0.4, 0.5) is 0 Å². The first kappa shape index (κ1) is 106. The molecule has 5 atom stereocenters. The molecule has 5 unspecified atom stereocenters. The molecular formula is C61H64B50O11. The predicted molar refractivity (Wildman–Crippen MR) is 556 cm³/mol. The summed E-state index contributed by atoms with van der Waals surface area (Å²) in [7, 11) is 161. The zero-order valence-electron chi connectivity index (χ0n) is 69.9. The molecule has 9 aliphatic rings. The van der Waals surface area contributed by atoms with E-state index in [-0.39, 0.29) is 185 Å². The van der Waals surface area contributed by atoms with E-state index in [0.717, 1.165) is 31.0 Å². The van der Waals surface area contributed by atoms with Gasteiger partial charge in [-0.25, -0.2) is 0 Å². The lowest BCUT2D eigenvalue weighted by atomic mass is 8.57. The van der Waals surface area contributed by atoms with E-state index in [1.807, 2.05) is 0 Å². The average molecular weight is 1510 g/mol. The van der Waals surface area contributed by atoms with E-state index < -0.39 is 178 Å². The van der Waals surface area contributed by atoms with Gasteiger partial charge in [-0.3, -0.25) is 38.4 Å². The van der Waals surface area contributed by atoms with Crippen molar-refractivity contribution in [3.05, 3.63) is 18.2 Å². The van der Waals surface area contributed by atoms with Gasteiger partial charge >= 0.3 is 0 Å². The van der Waals surface area contributed by atoms with Crippen molar-refractivity contribution in [2.75, 3.05) is 0 Å². The first-order valence-electron chi connectivity index (χ1n) is 42.0. The van der Waals surface area contributed by atoms with Crippen molar-refractivity contribution < 1.29 is 53.7 Å². The standard InChI is InChI=1S/C25H34B50O2.C24H18O3.2C6H6O3/c26-56(27)66(46)71(61(36)37)51-9-16(51)4-23(5-17-10-52(17)72(62(38)39)67(47)57(28)29)14-24(6-18-11-53(18)73(63(40)41)68(48)58(30)31,7-19-12-54(19)74(64(42)43)69(49)59(32)33)22(77)25(21(23)76,3-15-1-2-15)8-20-13-55(20)75(65(44)45)70(50)60(34)35;1-7-13-22(14-8-2)19(25)23(15-9-3,16-10-4)21(27)24(17-11-5,18-12-6)20(22)26;2*7-4-1-5(8)3-6(9)2-4/h15-20H,1-14H2;1-6H,13-18H2;1-3H2;1-3,7-9H. The van der Waals surface area contributed by atoms with Crippen LogP contribution in [0.3, 0.4) is 0 Å². The minimum atomic E-state index is -1.81. The number of ketones is 8. The van der Waals surface area contributed by atoms with Crippen molar-refractivity contribution in [3.8, 4) is 91.3 Å². The molecule has 122 heavy (non-hydrogen) atoms. The van der Waals surface area contributed by atoms with Gasteiger partial charge in [0.15, 0.2) is 28.9 Å². The van der Waals surface area contributed by atoms with Crippen molar-refractivity contribution in [2.45, 2.75) is 176 Å². The summed E-state index contributed by atoms with van der Waals surface area (Å²) in [4.78, 5) is 106. The Morgan fingerprint density at radius 3 is 0.664 bits per heavy atom. The third kappa shape index (κ3) is 24.2. The smallest absolute Gasteiger partial charge is 0.163 e. The van der Waals surface area contributed by atoms with Gasteiger partial charge in [0.05, 0.1) is 57.7 Å². The third-order valence-corrected chi connectivity index (χ3v) is 28.2. The Kier molecular flexibility index (Phi) is 38.1. The van der Waals surface area contributed by atoms with Gasteiger partial charge in [-0.05, 0) is 50.9 Å². The van der Waals surface area contributed by atoms with E-state index in [1.165, 1.54) is 0 Å². The highest BCUT2D eigenvalue weighted by molar-refractivity contribution is 8.04. The van der Waals surface area contributed by atoms with Gasteiger partial charge in [0, 0.05) is 389 Å². The molecule has 0 bridgehead atoms. The summed E-state index contributed by atoms with van der Waals surface area (Å²) < 4.78 is 0. The molecular weight excluding hydrogens is 1450 g/mol. The first-order chi connectivity index (χ1) is 56.9. The molecule has 5 heterocycles. The topological polar surface area (TPSA) is 197 Å². The SMILES string of the molecule is C#CCC1(CC#C)C(=O)C(CC#C)(CC#C)C(=O)C(CC#C)(CC#C)C1=O.O=C1CC(=O)CC(=O)C1.Oc1cc(O)cc(O)c1.[B]B([B])B([B])B(B([B])[B])B1CC1CC1(CC2CB2B(B([B])[B])B([B])B([B])[B])CC(CC2CB2B(B([B])[B])B([B])B([B])[B])(CC2CB2B(B([B])[B])B([B])B([B])[B])C(=O)C(CC2CC2)(CC2CB2B(B([B])[B])B([B])B([B])[B])C1=O. The number of benzene rings is 1. The number of phenols is 3. The fraction of sp³-hybridized carbons (Fsp3) is 0.574. The molecule has 9 fully saturated rings. The van der Waals surface area contributed by atoms with Gasteiger partial charge in [-0.15, -0.1) is 74.1 Å². The van der Waals surface area contributed by atoms with E-state index in [1.54, 1.807) is 0 Å². The van der Waals surface area contributed by atoms with Gasteiger partial charge in [0.25, 0.3) is 0 Å². The molecule has 1 aromatic carbocycles. The molecule has 50 radical (unpaired) electrons. The molecule has 10 rings (SSSR count). The molecule has 3 N–H and O–H groups in total. The number of phenolic OH excluding ortho intramolecular Hbond substituents is 3. The highest BCUT2D eigenvalue weighted by Gasteiger charge is 2.74. The van der Waals surface area contributed by atoms with Gasteiger partial charge in [-0.1, -0.05) is 73.5 Å². The maximum atomic E-state index is 17.2. The number of hydrogen-bond acceptors (Lipinski definition) is 11. The monoisotopic (exact) mass is 1520 g/mol. The molecule has 0 aromatic heterocycles. The largest absolute Gasteiger partial charge is 0.508 e. The molecule has 5 saturated heterocycles. The molecule has 1 aromatic rings. The van der Waals surface area contributed by atoms with E-state index in [4.69, 9.17) is 247 Å². The Morgan fingerprint density at radius 2 is 0.492 bits per heavy atom. The molecule has 5 aliphatic heterocycles. The predicted octanol–water partition coefficient (Wildman–Crippen LogP) is -9.79. The second-order valence-electron chi connectivity index (χ2n) is 37.4.